The summed E-state index contributed by atoms with van der Waals surface area (Å²) in [6.07, 6.45) is -3.81. The Hall–Kier alpha value is -2.47. The Morgan fingerprint density at radius 1 is 1.12 bits per heavy atom. The van der Waals surface area contributed by atoms with Crippen LogP contribution in [-0.2, 0) is 22.7 Å². The molecule has 0 saturated heterocycles. The van der Waals surface area contributed by atoms with E-state index in [1.807, 2.05) is 0 Å². The van der Waals surface area contributed by atoms with Crippen molar-refractivity contribution in [3.63, 3.8) is 0 Å². The minimum absolute atomic E-state index is 0. The topological polar surface area (TPSA) is 90.0 Å². The molecule has 0 bridgehead atoms. The van der Waals surface area contributed by atoms with Crippen LogP contribution in [-0.4, -0.2) is 30.1 Å². The van der Waals surface area contributed by atoms with E-state index in [0.717, 1.165) is 10.6 Å². The number of alkyl halides is 3. The fourth-order valence-electron chi connectivity index (χ4n) is 3.38. The first-order valence-electron chi connectivity index (χ1n) is 9.98. The number of nitrogens with zero attached hydrogens (tertiary/aromatic N) is 2. The lowest BCUT2D eigenvalue weighted by atomic mass is 10.0. The van der Waals surface area contributed by atoms with Gasteiger partial charge in [0.15, 0.2) is 0 Å². The van der Waals surface area contributed by atoms with E-state index >= 15 is 0 Å². The van der Waals surface area contributed by atoms with E-state index in [9.17, 15) is 26.0 Å². The van der Waals surface area contributed by atoms with Crippen molar-refractivity contribution >= 4 is 33.5 Å². The molecule has 0 fully saturated rings. The standard InChI is InChI=1S/C22H24F4N4O2S.ClH/c1-21(2,3)29-33(31,32)16-9-7-14(8-10-16)17-5-4-6-18-19(17)28-20(22(24,25)26)30(18)13-15(23)11-12-27;/h4-11,29H,12-13,27H2,1-3H3;1H/b15-11-;. The SMILES string of the molecule is CC(C)(C)NS(=O)(=O)c1ccc(-c2cccc3c2nc(C(F)(F)F)n3C/C(F)=C/CN)cc1.Cl. The van der Waals surface area contributed by atoms with Crippen LogP contribution in [0.5, 0.6) is 0 Å². The number of para-hydroxylation sites is 1. The summed E-state index contributed by atoms with van der Waals surface area (Å²) in [5.74, 6) is -2.05. The van der Waals surface area contributed by atoms with Crippen molar-refractivity contribution in [1.29, 1.82) is 0 Å². The summed E-state index contributed by atoms with van der Waals surface area (Å²) in [6, 6.07) is 10.2. The van der Waals surface area contributed by atoms with Crippen molar-refractivity contribution in [3.05, 3.63) is 60.2 Å². The third-order valence-corrected chi connectivity index (χ3v) is 6.37. The second-order valence-electron chi connectivity index (χ2n) is 8.46. The maximum atomic E-state index is 14.1. The highest BCUT2D eigenvalue weighted by Gasteiger charge is 2.38. The van der Waals surface area contributed by atoms with Crippen molar-refractivity contribution < 1.29 is 26.0 Å². The first-order chi connectivity index (χ1) is 15.2. The molecular weight excluding hydrogens is 496 g/mol. The Morgan fingerprint density at radius 2 is 1.74 bits per heavy atom. The highest BCUT2D eigenvalue weighted by Crippen LogP contribution is 2.36. The molecule has 34 heavy (non-hydrogen) atoms. The van der Waals surface area contributed by atoms with E-state index in [1.165, 1.54) is 36.4 Å². The lowest BCUT2D eigenvalue weighted by Crippen LogP contribution is -2.40. The summed E-state index contributed by atoms with van der Waals surface area (Å²) < 4.78 is 83.4. The van der Waals surface area contributed by atoms with Gasteiger partial charge < -0.3 is 10.3 Å². The number of nitrogens with one attached hydrogen (secondary N) is 1. The van der Waals surface area contributed by atoms with Crippen molar-refractivity contribution in [3.8, 4) is 11.1 Å². The summed E-state index contributed by atoms with van der Waals surface area (Å²) in [4.78, 5) is 3.79. The van der Waals surface area contributed by atoms with Crippen molar-refractivity contribution in [2.75, 3.05) is 6.54 Å². The van der Waals surface area contributed by atoms with E-state index in [0.29, 0.717) is 11.1 Å². The summed E-state index contributed by atoms with van der Waals surface area (Å²) in [5, 5.41) is 0. The number of hydrogen-bond donors (Lipinski definition) is 2. The summed E-state index contributed by atoms with van der Waals surface area (Å²) in [5.41, 5.74) is 5.51. The Bertz CT molecular complexity index is 1300. The molecule has 0 aliphatic rings. The Kier molecular flexibility index (Phi) is 8.19. The summed E-state index contributed by atoms with van der Waals surface area (Å²) in [7, 11) is -3.78. The molecular formula is C22H25ClF4N4O2S. The van der Waals surface area contributed by atoms with Gasteiger partial charge in [0.25, 0.3) is 0 Å². The predicted octanol–water partition coefficient (Wildman–Crippen LogP) is 5.03. The highest BCUT2D eigenvalue weighted by atomic mass is 35.5. The van der Waals surface area contributed by atoms with Gasteiger partial charge in [-0.3, -0.25) is 0 Å². The molecule has 0 spiro atoms. The van der Waals surface area contributed by atoms with Crippen LogP contribution in [0.4, 0.5) is 17.6 Å². The number of hydrogen-bond acceptors (Lipinski definition) is 4. The van der Waals surface area contributed by atoms with Crippen molar-refractivity contribution in [2.45, 2.75) is 43.9 Å². The molecule has 0 amide bonds. The number of fused-ring (bicyclic) bond motifs is 1. The van der Waals surface area contributed by atoms with Gasteiger partial charge in [-0.2, -0.15) is 13.2 Å². The van der Waals surface area contributed by atoms with Crippen LogP contribution in [0.15, 0.2) is 59.3 Å². The number of imidazole rings is 1. The molecule has 3 aromatic rings. The summed E-state index contributed by atoms with van der Waals surface area (Å²) >= 11 is 0. The number of halogens is 5. The molecule has 186 valence electrons. The minimum Gasteiger partial charge on any atom is -0.327 e. The van der Waals surface area contributed by atoms with Gasteiger partial charge in [0.05, 0.1) is 22.5 Å². The Labute approximate surface area is 201 Å². The maximum Gasteiger partial charge on any atom is 0.449 e. The minimum atomic E-state index is -4.81. The molecule has 0 atom stereocenters. The third kappa shape index (κ3) is 6.15. The van der Waals surface area contributed by atoms with Gasteiger partial charge in [0.1, 0.15) is 5.83 Å². The van der Waals surface area contributed by atoms with Gasteiger partial charge in [-0.1, -0.05) is 24.3 Å². The number of nitrogens with two attached hydrogens (primary N) is 1. The molecule has 1 heterocycles. The molecule has 3 rings (SSSR count). The first-order valence-corrected chi connectivity index (χ1v) is 11.5. The van der Waals surface area contributed by atoms with E-state index in [-0.39, 0.29) is 34.9 Å². The van der Waals surface area contributed by atoms with E-state index in [2.05, 4.69) is 9.71 Å². The number of rotatable bonds is 6. The Morgan fingerprint density at radius 3 is 2.26 bits per heavy atom. The molecule has 3 N–H and O–H groups in total. The Balaban J connectivity index is 0.00000408. The third-order valence-electron chi connectivity index (χ3n) is 4.60. The average Bonchev–Trinajstić information content (AvgIpc) is 3.05. The molecule has 1 aromatic heterocycles. The van der Waals surface area contributed by atoms with Crippen LogP contribution < -0.4 is 10.5 Å². The molecule has 12 heteroatoms. The largest absolute Gasteiger partial charge is 0.449 e. The fraction of sp³-hybridized carbons (Fsp3) is 0.318. The molecule has 0 aliphatic heterocycles. The fourth-order valence-corrected chi connectivity index (χ4v) is 4.79. The lowest BCUT2D eigenvalue weighted by molar-refractivity contribution is -0.146. The van der Waals surface area contributed by atoms with Crippen LogP contribution in [0.3, 0.4) is 0 Å². The predicted molar refractivity (Wildman–Crippen MR) is 126 cm³/mol. The average molecular weight is 521 g/mol. The molecule has 6 nitrogen and oxygen atoms in total. The van der Waals surface area contributed by atoms with Crippen LogP contribution in [0.25, 0.3) is 22.2 Å². The summed E-state index contributed by atoms with van der Waals surface area (Å²) in [6.45, 7) is 4.31. The van der Waals surface area contributed by atoms with Gasteiger partial charge in [0, 0.05) is 17.6 Å². The van der Waals surface area contributed by atoms with Gasteiger partial charge in [-0.15, -0.1) is 12.4 Å². The van der Waals surface area contributed by atoms with Gasteiger partial charge in [-0.25, -0.2) is 22.5 Å². The second-order valence-corrected chi connectivity index (χ2v) is 10.1. The number of sulfonamides is 1. The van der Waals surface area contributed by atoms with Crippen LogP contribution >= 0.6 is 12.4 Å². The zero-order chi connectivity index (χ0) is 24.6. The van der Waals surface area contributed by atoms with Crippen LogP contribution in [0.1, 0.15) is 26.6 Å². The van der Waals surface area contributed by atoms with Crippen LogP contribution in [0, 0.1) is 0 Å². The molecule has 0 aliphatic carbocycles. The van der Waals surface area contributed by atoms with E-state index in [1.54, 1.807) is 26.8 Å². The highest BCUT2D eigenvalue weighted by molar-refractivity contribution is 7.89. The number of allylic oxidation sites excluding steroid dienone is 1. The number of benzene rings is 2. The van der Waals surface area contributed by atoms with Crippen molar-refractivity contribution in [2.24, 2.45) is 5.73 Å². The smallest absolute Gasteiger partial charge is 0.327 e. The second kappa shape index (κ2) is 10.0. The van der Waals surface area contributed by atoms with Crippen molar-refractivity contribution in [1.82, 2.24) is 14.3 Å². The zero-order valence-corrected chi connectivity index (χ0v) is 20.3. The quantitative estimate of drug-likeness (QED) is 0.446. The monoisotopic (exact) mass is 520 g/mol. The van der Waals surface area contributed by atoms with Gasteiger partial charge in [-0.05, 0) is 50.6 Å². The first kappa shape index (κ1) is 27.8. The number of aromatic nitrogens is 2. The molecule has 2 aromatic carbocycles. The normalized spacial score (nSPS) is 13.2. The van der Waals surface area contributed by atoms with Crippen LogP contribution in [0.2, 0.25) is 0 Å². The maximum absolute atomic E-state index is 14.1. The lowest BCUT2D eigenvalue weighted by Gasteiger charge is -2.20. The zero-order valence-electron chi connectivity index (χ0n) is 18.6. The van der Waals surface area contributed by atoms with Gasteiger partial charge in [0.2, 0.25) is 15.8 Å². The van der Waals surface area contributed by atoms with E-state index in [4.69, 9.17) is 5.73 Å². The van der Waals surface area contributed by atoms with Gasteiger partial charge >= 0.3 is 6.18 Å². The molecule has 0 saturated carbocycles. The molecule has 0 radical (unpaired) electrons. The van der Waals surface area contributed by atoms with E-state index < -0.39 is 39.9 Å². The molecule has 0 unspecified atom stereocenters.